The van der Waals surface area contributed by atoms with E-state index in [1.54, 1.807) is 6.08 Å². The molecule has 0 aromatic rings. The molecule has 0 saturated heterocycles. The molecule has 0 heterocycles. The fourth-order valence-electron chi connectivity index (χ4n) is 0.0680. The molecule has 1 nitrogen and oxygen atoms in total. The second-order valence-corrected chi connectivity index (χ2v) is 1.11. The first-order chi connectivity index (χ1) is 4.81. The molecule has 0 aliphatic rings. The van der Waals surface area contributed by atoms with Gasteiger partial charge in [-0.15, -0.1) is 0 Å². The number of hydrogen-bond donors (Lipinski definition) is 1. The van der Waals surface area contributed by atoms with Crippen molar-refractivity contribution in [2.45, 2.75) is 34.6 Å². The summed E-state index contributed by atoms with van der Waals surface area (Å²) in [4.78, 5) is 0. The van der Waals surface area contributed by atoms with Crippen LogP contribution >= 0.6 is 0 Å². The molecule has 0 aliphatic carbocycles. The molecular weight excluding hydrogens is 122 g/mol. The van der Waals surface area contributed by atoms with Crippen LogP contribution in [0.25, 0.3) is 0 Å². The maximum absolute atomic E-state index is 5.05. The van der Waals surface area contributed by atoms with E-state index in [4.69, 9.17) is 5.73 Å². The highest BCUT2D eigenvalue weighted by atomic mass is 14.5. The Bertz CT molecular complexity index is 72.8. The monoisotopic (exact) mass is 143 g/mol. The third-order valence-corrected chi connectivity index (χ3v) is 0.585. The molecule has 0 aromatic carbocycles. The molecule has 0 aliphatic heterocycles. The Morgan fingerprint density at radius 1 is 1.20 bits per heavy atom. The summed E-state index contributed by atoms with van der Waals surface area (Å²) in [6, 6.07) is 0. The van der Waals surface area contributed by atoms with Crippen LogP contribution in [0.2, 0.25) is 0 Å². The molecule has 0 fully saturated rings. The predicted molar refractivity (Wildman–Crippen MR) is 50.8 cm³/mol. The highest BCUT2D eigenvalue weighted by Crippen LogP contribution is 1.84. The lowest BCUT2D eigenvalue weighted by atomic mass is 10.3. The van der Waals surface area contributed by atoms with E-state index in [0.717, 1.165) is 5.57 Å². The molecular formula is C9H21N. The second-order valence-electron chi connectivity index (χ2n) is 1.11. The van der Waals surface area contributed by atoms with Crippen LogP contribution in [0.5, 0.6) is 0 Å². The minimum absolute atomic E-state index is 1.01. The normalized spacial score (nSPS) is 7.90. The van der Waals surface area contributed by atoms with Crippen LogP contribution in [0.15, 0.2) is 24.4 Å². The Morgan fingerprint density at radius 2 is 1.50 bits per heavy atom. The van der Waals surface area contributed by atoms with Gasteiger partial charge < -0.3 is 5.73 Å². The van der Waals surface area contributed by atoms with Gasteiger partial charge in [0.1, 0.15) is 0 Å². The molecule has 0 bridgehead atoms. The van der Waals surface area contributed by atoms with Gasteiger partial charge in [-0.25, -0.2) is 0 Å². The predicted octanol–water partition coefficient (Wildman–Crippen LogP) is 3.09. The van der Waals surface area contributed by atoms with Crippen LogP contribution in [0.3, 0.4) is 0 Å². The van der Waals surface area contributed by atoms with Gasteiger partial charge in [-0.2, -0.15) is 0 Å². The van der Waals surface area contributed by atoms with Gasteiger partial charge in [0.05, 0.1) is 0 Å². The molecule has 0 radical (unpaired) electrons. The zero-order valence-electron chi connectivity index (χ0n) is 7.94. The number of nitrogens with two attached hydrogens (primary N) is 1. The quantitative estimate of drug-likeness (QED) is 0.561. The van der Waals surface area contributed by atoms with Crippen LogP contribution < -0.4 is 5.73 Å². The van der Waals surface area contributed by atoms with E-state index < -0.39 is 0 Å². The van der Waals surface area contributed by atoms with Gasteiger partial charge in [0.15, 0.2) is 0 Å². The van der Waals surface area contributed by atoms with E-state index >= 15 is 0 Å². The van der Waals surface area contributed by atoms with Crippen molar-refractivity contribution in [3.63, 3.8) is 0 Å². The van der Waals surface area contributed by atoms with Gasteiger partial charge in [-0.3, -0.25) is 0 Å². The first-order valence-corrected chi connectivity index (χ1v) is 3.82. The second kappa shape index (κ2) is 24.0. The summed E-state index contributed by atoms with van der Waals surface area (Å²) in [5.74, 6) is 0. The standard InChI is InChI=1S/C5H9N.2C2H6/c1-3-5(2)4-6;2*1-2/h3-4H,1,6H2,2H3;2*1-2H3/b5-4-;;. The van der Waals surface area contributed by atoms with Crippen molar-refractivity contribution < 1.29 is 0 Å². The molecule has 0 rings (SSSR count). The third kappa shape index (κ3) is 26.7. The molecule has 0 spiro atoms. The van der Waals surface area contributed by atoms with Crippen LogP contribution in [0.1, 0.15) is 34.6 Å². The first-order valence-electron chi connectivity index (χ1n) is 3.82. The number of rotatable bonds is 1. The van der Waals surface area contributed by atoms with Crippen molar-refractivity contribution >= 4 is 0 Å². The van der Waals surface area contributed by atoms with Gasteiger partial charge >= 0.3 is 0 Å². The molecule has 0 atom stereocenters. The maximum Gasteiger partial charge on any atom is -0.00328 e. The molecule has 1 heteroatoms. The summed E-state index contributed by atoms with van der Waals surface area (Å²) in [5, 5.41) is 0. The summed E-state index contributed by atoms with van der Waals surface area (Å²) in [6.45, 7) is 13.4. The first kappa shape index (κ1) is 16.1. The van der Waals surface area contributed by atoms with Crippen molar-refractivity contribution in [2.24, 2.45) is 5.73 Å². The van der Waals surface area contributed by atoms with Crippen molar-refractivity contribution in [3.05, 3.63) is 24.4 Å². The Kier molecular flexibility index (Phi) is 38.6. The smallest absolute Gasteiger partial charge is 0.00328 e. The van der Waals surface area contributed by atoms with Gasteiger partial charge in [-0.05, 0) is 18.7 Å². The van der Waals surface area contributed by atoms with Crippen molar-refractivity contribution in [1.82, 2.24) is 0 Å². The van der Waals surface area contributed by atoms with Gasteiger partial charge in [0.2, 0.25) is 0 Å². The van der Waals surface area contributed by atoms with E-state index in [2.05, 4.69) is 6.58 Å². The molecule has 10 heavy (non-hydrogen) atoms. The lowest BCUT2D eigenvalue weighted by Gasteiger charge is -1.78. The summed E-state index contributed by atoms with van der Waals surface area (Å²) in [6.07, 6.45) is 3.23. The Hall–Kier alpha value is -0.720. The Morgan fingerprint density at radius 3 is 1.50 bits per heavy atom. The average molecular weight is 143 g/mol. The van der Waals surface area contributed by atoms with Gasteiger partial charge in [0, 0.05) is 0 Å². The lowest BCUT2D eigenvalue weighted by molar-refractivity contribution is 1.44. The average Bonchev–Trinajstić information content (AvgIpc) is 2.10. The SMILES string of the molecule is C=C/C(C)=C\N.CC.CC. The van der Waals surface area contributed by atoms with Gasteiger partial charge in [0.25, 0.3) is 0 Å². The minimum atomic E-state index is 1.01. The van der Waals surface area contributed by atoms with Crippen molar-refractivity contribution in [3.8, 4) is 0 Å². The molecule has 0 saturated carbocycles. The van der Waals surface area contributed by atoms with Crippen LogP contribution in [0, 0.1) is 0 Å². The molecule has 2 N–H and O–H groups in total. The van der Waals surface area contributed by atoms with Crippen molar-refractivity contribution in [1.29, 1.82) is 0 Å². The van der Waals surface area contributed by atoms with E-state index in [9.17, 15) is 0 Å². The maximum atomic E-state index is 5.05. The van der Waals surface area contributed by atoms with Crippen LogP contribution in [0.4, 0.5) is 0 Å². The largest absolute Gasteiger partial charge is 0.404 e. The van der Waals surface area contributed by atoms with E-state index in [0.29, 0.717) is 0 Å². The zero-order valence-corrected chi connectivity index (χ0v) is 7.94. The molecule has 0 aromatic heterocycles. The van der Waals surface area contributed by atoms with Crippen LogP contribution in [-0.4, -0.2) is 0 Å². The number of allylic oxidation sites excluding steroid dienone is 2. The minimum Gasteiger partial charge on any atom is -0.404 e. The lowest BCUT2D eigenvalue weighted by Crippen LogP contribution is -1.78. The summed E-state index contributed by atoms with van der Waals surface area (Å²) in [7, 11) is 0. The van der Waals surface area contributed by atoms with E-state index in [-0.39, 0.29) is 0 Å². The summed E-state index contributed by atoms with van der Waals surface area (Å²) in [5.41, 5.74) is 6.06. The van der Waals surface area contributed by atoms with E-state index in [1.165, 1.54) is 6.20 Å². The highest BCUT2D eigenvalue weighted by Gasteiger charge is 1.67. The zero-order chi connectivity index (χ0) is 8.99. The number of hydrogen-bond acceptors (Lipinski definition) is 1. The fraction of sp³-hybridized carbons (Fsp3) is 0.556. The fourth-order valence-corrected chi connectivity index (χ4v) is 0.0680. The van der Waals surface area contributed by atoms with Gasteiger partial charge in [-0.1, -0.05) is 40.3 Å². The highest BCUT2D eigenvalue weighted by molar-refractivity contribution is 5.10. The molecule has 0 amide bonds. The third-order valence-electron chi connectivity index (χ3n) is 0.585. The van der Waals surface area contributed by atoms with Crippen molar-refractivity contribution in [2.75, 3.05) is 0 Å². The molecule has 62 valence electrons. The summed E-state index contributed by atoms with van der Waals surface area (Å²) < 4.78 is 0. The topological polar surface area (TPSA) is 26.0 Å². The Balaban J connectivity index is -0.000000105. The summed E-state index contributed by atoms with van der Waals surface area (Å²) >= 11 is 0. The van der Waals surface area contributed by atoms with E-state index in [1.807, 2.05) is 34.6 Å². The van der Waals surface area contributed by atoms with Crippen LogP contribution in [-0.2, 0) is 0 Å². The molecule has 0 unspecified atom stereocenters. The Labute approximate surface area is 65.6 Å².